The highest BCUT2D eigenvalue weighted by atomic mass is 19.4. The van der Waals surface area contributed by atoms with E-state index in [1.165, 1.54) is 24.3 Å². The summed E-state index contributed by atoms with van der Waals surface area (Å²) in [5.74, 6) is -1.54. The van der Waals surface area contributed by atoms with Crippen molar-refractivity contribution >= 4 is 0 Å². The maximum Gasteiger partial charge on any atom is 0.449 e. The van der Waals surface area contributed by atoms with Crippen molar-refractivity contribution in [2.24, 2.45) is 0 Å². The molecule has 3 aromatic rings. The van der Waals surface area contributed by atoms with Crippen LogP contribution in [-0.2, 0) is 6.18 Å². The molecule has 0 saturated carbocycles. The first-order chi connectivity index (χ1) is 10.4. The molecule has 0 bridgehead atoms. The van der Waals surface area contributed by atoms with Gasteiger partial charge in [-0.05, 0) is 24.3 Å². The van der Waals surface area contributed by atoms with E-state index in [1.54, 1.807) is 30.3 Å². The molecule has 6 heteroatoms. The van der Waals surface area contributed by atoms with E-state index < -0.39 is 17.8 Å². The molecule has 2 aromatic carbocycles. The first-order valence-electron chi connectivity index (χ1n) is 6.44. The first kappa shape index (κ1) is 14.3. The fourth-order valence-corrected chi connectivity index (χ4v) is 2.14. The normalized spacial score (nSPS) is 11.6. The zero-order valence-corrected chi connectivity index (χ0v) is 11.2. The van der Waals surface area contributed by atoms with Gasteiger partial charge < -0.3 is 4.98 Å². The van der Waals surface area contributed by atoms with Gasteiger partial charge in [0, 0.05) is 11.1 Å². The zero-order chi connectivity index (χ0) is 15.7. The molecule has 0 aliphatic heterocycles. The van der Waals surface area contributed by atoms with Crippen molar-refractivity contribution in [1.82, 2.24) is 9.97 Å². The van der Waals surface area contributed by atoms with Gasteiger partial charge in [0.15, 0.2) is 0 Å². The minimum Gasteiger partial charge on any atom is -0.334 e. The lowest BCUT2D eigenvalue weighted by molar-refractivity contribution is -0.144. The van der Waals surface area contributed by atoms with Crippen LogP contribution in [0.3, 0.4) is 0 Å². The summed E-state index contributed by atoms with van der Waals surface area (Å²) < 4.78 is 51.8. The highest BCUT2D eigenvalue weighted by Crippen LogP contribution is 2.35. The lowest BCUT2D eigenvalue weighted by Gasteiger charge is -2.03. The van der Waals surface area contributed by atoms with E-state index in [4.69, 9.17) is 0 Å². The molecule has 1 N–H and O–H groups in total. The van der Waals surface area contributed by atoms with Crippen LogP contribution in [0.25, 0.3) is 22.5 Å². The number of imidazole rings is 1. The maximum atomic E-state index is 13.0. The molecule has 1 heterocycles. The third-order valence-corrected chi connectivity index (χ3v) is 3.15. The molecule has 0 amide bonds. The minimum absolute atomic E-state index is 0.180. The molecule has 22 heavy (non-hydrogen) atoms. The third kappa shape index (κ3) is 2.72. The number of aromatic nitrogens is 2. The van der Waals surface area contributed by atoms with Crippen LogP contribution in [0.5, 0.6) is 0 Å². The van der Waals surface area contributed by atoms with Crippen LogP contribution in [0.1, 0.15) is 5.82 Å². The lowest BCUT2D eigenvalue weighted by Crippen LogP contribution is -2.07. The number of nitrogens with one attached hydrogen (secondary N) is 1. The Morgan fingerprint density at radius 3 is 2.05 bits per heavy atom. The summed E-state index contributed by atoms with van der Waals surface area (Å²) in [6, 6.07) is 13.7. The summed E-state index contributed by atoms with van der Waals surface area (Å²) in [5.41, 5.74) is 1.37. The Balaban J connectivity index is 2.19. The molecule has 0 fully saturated rings. The Kier molecular flexibility index (Phi) is 3.44. The average molecular weight is 306 g/mol. The van der Waals surface area contributed by atoms with E-state index in [0.29, 0.717) is 11.1 Å². The molecular weight excluding hydrogens is 296 g/mol. The van der Waals surface area contributed by atoms with Gasteiger partial charge in [0.1, 0.15) is 5.82 Å². The van der Waals surface area contributed by atoms with Gasteiger partial charge >= 0.3 is 6.18 Å². The van der Waals surface area contributed by atoms with Crippen LogP contribution in [0.2, 0.25) is 0 Å². The second-order valence-electron chi connectivity index (χ2n) is 4.68. The molecule has 3 rings (SSSR count). The predicted octanol–water partition coefficient (Wildman–Crippen LogP) is 4.90. The van der Waals surface area contributed by atoms with Crippen molar-refractivity contribution in [2.45, 2.75) is 6.18 Å². The lowest BCUT2D eigenvalue weighted by atomic mass is 10.1. The number of hydrogen-bond donors (Lipinski definition) is 1. The summed E-state index contributed by atoms with van der Waals surface area (Å²) in [6.45, 7) is 0. The monoisotopic (exact) mass is 306 g/mol. The molecule has 0 spiro atoms. The van der Waals surface area contributed by atoms with Crippen molar-refractivity contribution in [1.29, 1.82) is 0 Å². The number of benzene rings is 2. The Labute approximate surface area is 123 Å². The Bertz CT molecular complexity index is 774. The molecule has 0 aliphatic rings. The molecule has 0 aliphatic carbocycles. The van der Waals surface area contributed by atoms with E-state index in [1.807, 2.05) is 0 Å². The zero-order valence-electron chi connectivity index (χ0n) is 11.2. The van der Waals surface area contributed by atoms with Crippen LogP contribution in [-0.4, -0.2) is 9.97 Å². The Morgan fingerprint density at radius 2 is 1.45 bits per heavy atom. The van der Waals surface area contributed by atoms with Crippen molar-refractivity contribution in [3.8, 4) is 22.5 Å². The Morgan fingerprint density at radius 1 is 0.818 bits per heavy atom. The molecule has 0 radical (unpaired) electrons. The van der Waals surface area contributed by atoms with Gasteiger partial charge in [-0.15, -0.1) is 0 Å². The first-order valence-corrected chi connectivity index (χ1v) is 6.44. The smallest absolute Gasteiger partial charge is 0.334 e. The average Bonchev–Trinajstić information content (AvgIpc) is 2.94. The summed E-state index contributed by atoms with van der Waals surface area (Å²) in [6.07, 6.45) is -4.58. The SMILES string of the molecule is Fc1ccc(-c2[nH]c(C(F)(F)F)nc2-c2ccccc2)cc1. The second-order valence-corrected chi connectivity index (χ2v) is 4.68. The van der Waals surface area contributed by atoms with Gasteiger partial charge in [0.2, 0.25) is 5.82 Å². The largest absolute Gasteiger partial charge is 0.449 e. The van der Waals surface area contributed by atoms with Crippen LogP contribution >= 0.6 is 0 Å². The van der Waals surface area contributed by atoms with E-state index in [2.05, 4.69) is 9.97 Å². The van der Waals surface area contributed by atoms with Crippen LogP contribution in [0.15, 0.2) is 54.6 Å². The van der Waals surface area contributed by atoms with Crippen molar-refractivity contribution in [3.05, 3.63) is 66.2 Å². The third-order valence-electron chi connectivity index (χ3n) is 3.15. The van der Waals surface area contributed by atoms with Crippen LogP contribution in [0.4, 0.5) is 17.6 Å². The number of nitrogens with zero attached hydrogens (tertiary/aromatic N) is 1. The summed E-state index contributed by atoms with van der Waals surface area (Å²) in [4.78, 5) is 5.97. The molecule has 1 aromatic heterocycles. The predicted molar refractivity (Wildman–Crippen MR) is 74.4 cm³/mol. The molecule has 2 nitrogen and oxygen atoms in total. The number of hydrogen-bond acceptors (Lipinski definition) is 1. The van der Waals surface area contributed by atoms with Gasteiger partial charge in [-0.1, -0.05) is 30.3 Å². The van der Waals surface area contributed by atoms with E-state index in [9.17, 15) is 17.6 Å². The van der Waals surface area contributed by atoms with E-state index in [0.717, 1.165) is 0 Å². The van der Waals surface area contributed by atoms with Gasteiger partial charge in [-0.2, -0.15) is 13.2 Å². The van der Waals surface area contributed by atoms with Crippen LogP contribution < -0.4 is 0 Å². The number of rotatable bonds is 2. The summed E-state index contributed by atoms with van der Waals surface area (Å²) in [7, 11) is 0. The molecule has 0 unspecified atom stereocenters. The quantitative estimate of drug-likeness (QED) is 0.670. The topological polar surface area (TPSA) is 28.7 Å². The van der Waals surface area contributed by atoms with Gasteiger partial charge in [-0.25, -0.2) is 9.37 Å². The number of halogens is 4. The standard InChI is InChI=1S/C16H10F4N2/c17-12-8-6-11(7-9-12)14-13(10-4-2-1-3-5-10)21-15(22-14)16(18,19)20/h1-9H,(H,21,22). The maximum absolute atomic E-state index is 13.0. The second kappa shape index (κ2) is 5.29. The van der Waals surface area contributed by atoms with E-state index in [-0.39, 0.29) is 11.4 Å². The molecule has 0 saturated heterocycles. The van der Waals surface area contributed by atoms with Crippen molar-refractivity contribution < 1.29 is 17.6 Å². The molecule has 112 valence electrons. The summed E-state index contributed by atoms with van der Waals surface area (Å²) >= 11 is 0. The number of alkyl halides is 3. The fraction of sp³-hybridized carbons (Fsp3) is 0.0625. The van der Waals surface area contributed by atoms with Crippen LogP contribution in [0, 0.1) is 5.82 Å². The number of H-pyrrole nitrogens is 1. The number of aromatic amines is 1. The molecule has 0 atom stereocenters. The molecular formula is C16H10F4N2. The van der Waals surface area contributed by atoms with Gasteiger partial charge in [-0.3, -0.25) is 0 Å². The van der Waals surface area contributed by atoms with E-state index >= 15 is 0 Å². The van der Waals surface area contributed by atoms with Crippen molar-refractivity contribution in [3.63, 3.8) is 0 Å². The van der Waals surface area contributed by atoms with Gasteiger partial charge in [0.25, 0.3) is 0 Å². The van der Waals surface area contributed by atoms with Gasteiger partial charge in [0.05, 0.1) is 11.4 Å². The highest BCUT2D eigenvalue weighted by molar-refractivity contribution is 5.78. The van der Waals surface area contributed by atoms with Crippen molar-refractivity contribution in [2.75, 3.05) is 0 Å². The summed E-state index contributed by atoms with van der Waals surface area (Å²) in [5, 5.41) is 0. The highest BCUT2D eigenvalue weighted by Gasteiger charge is 2.36. The Hall–Kier alpha value is -2.63. The minimum atomic E-state index is -4.58. The fourth-order valence-electron chi connectivity index (χ4n) is 2.14.